The molecule has 1 aromatic rings. The average Bonchev–Trinajstić information content (AvgIpc) is 2.96. The molecule has 2 aliphatic heterocycles. The number of ketones is 1. The van der Waals surface area contributed by atoms with Crippen molar-refractivity contribution in [2.45, 2.75) is 31.3 Å². The number of benzene rings is 1. The predicted octanol–water partition coefficient (Wildman–Crippen LogP) is 2.16. The Morgan fingerprint density at radius 3 is 2.90 bits per heavy atom. The summed E-state index contributed by atoms with van der Waals surface area (Å²) < 4.78 is 16.0. The molecule has 0 radical (unpaired) electrons. The van der Waals surface area contributed by atoms with E-state index in [-0.39, 0.29) is 12.6 Å². The minimum atomic E-state index is -0.812. The molecule has 0 saturated carbocycles. The van der Waals surface area contributed by atoms with Crippen LogP contribution < -0.4 is 9.47 Å². The molecular formula is C15H15NO4. The maximum Gasteiger partial charge on any atom is 0.231 e. The summed E-state index contributed by atoms with van der Waals surface area (Å²) in [6.45, 7) is 0.769. The Kier molecular flexibility index (Phi) is 3.57. The molecule has 0 N–H and O–H groups in total. The summed E-state index contributed by atoms with van der Waals surface area (Å²) in [6, 6.07) is 7.26. The van der Waals surface area contributed by atoms with Crippen LogP contribution in [0.2, 0.25) is 0 Å². The number of nitrogens with zero attached hydrogens (tertiary/aromatic N) is 1. The third-order valence-electron chi connectivity index (χ3n) is 3.64. The van der Waals surface area contributed by atoms with Crippen LogP contribution in [0.5, 0.6) is 11.5 Å². The van der Waals surface area contributed by atoms with Gasteiger partial charge in [-0.2, -0.15) is 5.26 Å². The van der Waals surface area contributed by atoms with Gasteiger partial charge in [-0.05, 0) is 37.0 Å². The zero-order chi connectivity index (χ0) is 13.9. The van der Waals surface area contributed by atoms with Crippen LogP contribution in [-0.4, -0.2) is 25.3 Å². The molecular weight excluding hydrogens is 258 g/mol. The summed E-state index contributed by atoms with van der Waals surface area (Å²) in [7, 11) is 0. The van der Waals surface area contributed by atoms with E-state index >= 15 is 0 Å². The van der Waals surface area contributed by atoms with E-state index in [0.29, 0.717) is 30.1 Å². The zero-order valence-corrected chi connectivity index (χ0v) is 11.0. The molecule has 2 heterocycles. The summed E-state index contributed by atoms with van der Waals surface area (Å²) in [6.07, 6.45) is 2.18. The summed E-state index contributed by atoms with van der Waals surface area (Å²) in [5.74, 6) is 0.255. The van der Waals surface area contributed by atoms with Gasteiger partial charge < -0.3 is 14.2 Å². The molecule has 1 saturated heterocycles. The highest BCUT2D eigenvalue weighted by molar-refractivity contribution is 5.92. The molecule has 0 spiro atoms. The fourth-order valence-electron chi connectivity index (χ4n) is 2.55. The number of nitriles is 1. The van der Waals surface area contributed by atoms with Crippen LogP contribution in [0.25, 0.3) is 0 Å². The highest BCUT2D eigenvalue weighted by atomic mass is 16.7. The standard InChI is InChI=1S/C15H15NO4/c16-8-11(15(17)13-3-1-2-6-18-13)10-4-5-12-14(7-10)20-9-19-12/h4-5,7,11,13H,1-3,6,9H2. The van der Waals surface area contributed by atoms with Crippen molar-refractivity contribution in [1.29, 1.82) is 5.26 Å². The lowest BCUT2D eigenvalue weighted by atomic mass is 9.90. The molecule has 1 fully saturated rings. The first-order valence-corrected chi connectivity index (χ1v) is 6.74. The topological polar surface area (TPSA) is 68.6 Å². The Balaban J connectivity index is 1.82. The number of ether oxygens (including phenoxy) is 3. The van der Waals surface area contributed by atoms with E-state index in [1.165, 1.54) is 0 Å². The number of hydrogen-bond acceptors (Lipinski definition) is 5. The Bertz CT molecular complexity index is 557. The van der Waals surface area contributed by atoms with E-state index < -0.39 is 12.0 Å². The minimum absolute atomic E-state index is 0.161. The van der Waals surface area contributed by atoms with Gasteiger partial charge in [0.1, 0.15) is 12.0 Å². The number of hydrogen-bond donors (Lipinski definition) is 0. The Hall–Kier alpha value is -2.06. The molecule has 3 rings (SSSR count). The largest absolute Gasteiger partial charge is 0.454 e. The van der Waals surface area contributed by atoms with Gasteiger partial charge in [0.25, 0.3) is 0 Å². The first kappa shape index (κ1) is 12.9. The van der Waals surface area contributed by atoms with Crippen molar-refractivity contribution in [3.63, 3.8) is 0 Å². The summed E-state index contributed by atoms with van der Waals surface area (Å²) in [5, 5.41) is 9.33. The van der Waals surface area contributed by atoms with Crippen LogP contribution in [0.3, 0.4) is 0 Å². The zero-order valence-electron chi connectivity index (χ0n) is 11.0. The van der Waals surface area contributed by atoms with E-state index in [1.807, 2.05) is 0 Å². The molecule has 0 aliphatic carbocycles. The maximum absolute atomic E-state index is 12.4. The number of rotatable bonds is 3. The Morgan fingerprint density at radius 2 is 2.15 bits per heavy atom. The molecule has 2 aliphatic rings. The number of fused-ring (bicyclic) bond motifs is 1. The van der Waals surface area contributed by atoms with Gasteiger partial charge in [-0.1, -0.05) is 6.07 Å². The molecule has 5 heteroatoms. The highest BCUT2D eigenvalue weighted by Crippen LogP contribution is 2.35. The number of carbonyl (C=O) groups excluding carboxylic acids is 1. The fraction of sp³-hybridized carbons (Fsp3) is 0.467. The third kappa shape index (κ3) is 2.35. The van der Waals surface area contributed by atoms with E-state index in [2.05, 4.69) is 6.07 Å². The van der Waals surface area contributed by atoms with Crippen molar-refractivity contribution >= 4 is 5.78 Å². The van der Waals surface area contributed by atoms with Gasteiger partial charge in [-0.3, -0.25) is 4.79 Å². The normalized spacial score (nSPS) is 22.1. The first-order valence-electron chi connectivity index (χ1n) is 6.74. The minimum Gasteiger partial charge on any atom is -0.454 e. The quantitative estimate of drug-likeness (QED) is 0.844. The fourth-order valence-corrected chi connectivity index (χ4v) is 2.55. The summed E-state index contributed by atoms with van der Waals surface area (Å²) >= 11 is 0. The van der Waals surface area contributed by atoms with E-state index in [9.17, 15) is 10.1 Å². The van der Waals surface area contributed by atoms with Crippen molar-refractivity contribution < 1.29 is 19.0 Å². The Morgan fingerprint density at radius 1 is 1.30 bits per heavy atom. The molecule has 0 amide bonds. The SMILES string of the molecule is N#CC(C(=O)C1CCCCO1)c1ccc2c(c1)OCO2. The second kappa shape index (κ2) is 5.51. The Labute approximate surface area is 117 Å². The predicted molar refractivity (Wildman–Crippen MR) is 69.5 cm³/mol. The lowest BCUT2D eigenvalue weighted by Crippen LogP contribution is -2.32. The lowest BCUT2D eigenvalue weighted by Gasteiger charge is -2.23. The monoisotopic (exact) mass is 273 g/mol. The van der Waals surface area contributed by atoms with E-state index in [0.717, 1.165) is 12.8 Å². The smallest absolute Gasteiger partial charge is 0.231 e. The van der Waals surface area contributed by atoms with Crippen LogP contribution in [0.15, 0.2) is 18.2 Å². The summed E-state index contributed by atoms with van der Waals surface area (Å²) in [5.41, 5.74) is 0.635. The highest BCUT2D eigenvalue weighted by Gasteiger charge is 2.31. The van der Waals surface area contributed by atoms with Crippen LogP contribution in [0.4, 0.5) is 0 Å². The maximum atomic E-state index is 12.4. The van der Waals surface area contributed by atoms with Crippen molar-refractivity contribution in [1.82, 2.24) is 0 Å². The lowest BCUT2D eigenvalue weighted by molar-refractivity contribution is -0.133. The summed E-state index contributed by atoms with van der Waals surface area (Å²) in [4.78, 5) is 12.4. The van der Waals surface area contributed by atoms with Gasteiger partial charge in [0.2, 0.25) is 6.79 Å². The van der Waals surface area contributed by atoms with Crippen LogP contribution >= 0.6 is 0 Å². The van der Waals surface area contributed by atoms with E-state index in [4.69, 9.17) is 14.2 Å². The first-order chi connectivity index (χ1) is 9.79. The van der Waals surface area contributed by atoms with Gasteiger partial charge in [-0.15, -0.1) is 0 Å². The van der Waals surface area contributed by atoms with E-state index in [1.54, 1.807) is 18.2 Å². The number of Topliss-reactive ketones (excluding diaryl/α,β-unsaturated/α-hetero) is 1. The molecule has 0 aromatic heterocycles. The van der Waals surface area contributed by atoms with Gasteiger partial charge >= 0.3 is 0 Å². The van der Waals surface area contributed by atoms with Crippen LogP contribution in [0.1, 0.15) is 30.7 Å². The van der Waals surface area contributed by atoms with Gasteiger partial charge in [0, 0.05) is 6.61 Å². The van der Waals surface area contributed by atoms with Crippen molar-refractivity contribution in [2.75, 3.05) is 13.4 Å². The molecule has 20 heavy (non-hydrogen) atoms. The van der Waals surface area contributed by atoms with Crippen molar-refractivity contribution in [2.24, 2.45) is 0 Å². The molecule has 104 valence electrons. The molecule has 2 atom stereocenters. The molecule has 5 nitrogen and oxygen atoms in total. The van der Waals surface area contributed by atoms with Gasteiger partial charge in [0.05, 0.1) is 6.07 Å². The third-order valence-corrected chi connectivity index (χ3v) is 3.64. The average molecular weight is 273 g/mol. The second-order valence-corrected chi connectivity index (χ2v) is 4.93. The van der Waals surface area contributed by atoms with Crippen molar-refractivity contribution in [3.8, 4) is 17.6 Å². The van der Waals surface area contributed by atoms with Crippen LogP contribution in [-0.2, 0) is 9.53 Å². The number of carbonyl (C=O) groups is 1. The van der Waals surface area contributed by atoms with Crippen molar-refractivity contribution in [3.05, 3.63) is 23.8 Å². The second-order valence-electron chi connectivity index (χ2n) is 4.93. The molecule has 0 bridgehead atoms. The van der Waals surface area contributed by atoms with Gasteiger partial charge in [-0.25, -0.2) is 0 Å². The van der Waals surface area contributed by atoms with Crippen LogP contribution in [0, 0.1) is 11.3 Å². The molecule has 1 aromatic carbocycles. The van der Waals surface area contributed by atoms with Gasteiger partial charge in [0.15, 0.2) is 17.3 Å². The molecule has 2 unspecified atom stereocenters.